The lowest BCUT2D eigenvalue weighted by Crippen LogP contribution is -2.02. The van der Waals surface area contributed by atoms with Gasteiger partial charge in [-0.1, -0.05) is 278 Å². The van der Waals surface area contributed by atoms with Crippen molar-refractivity contribution in [2.24, 2.45) is 0 Å². The van der Waals surface area contributed by atoms with Gasteiger partial charge >= 0.3 is 0 Å². The van der Waals surface area contributed by atoms with E-state index in [1.807, 2.05) is 279 Å². The van der Waals surface area contributed by atoms with Crippen LogP contribution in [0.1, 0.15) is 89.0 Å². The molecule has 0 radical (unpaired) electrons. The molecule has 12 aromatic rings. The number of rotatable bonds is 12. The number of hydrogen-bond acceptors (Lipinski definition) is 3. The molecule has 95 heavy (non-hydrogen) atoms. The first-order chi connectivity index (χ1) is 46.9. The van der Waals surface area contributed by atoms with Crippen LogP contribution in [0.15, 0.2) is 328 Å². The molecule has 0 heterocycles. The average molecular weight is 1210 g/mol. The topological polar surface area (TPSA) is 43.4 Å². The highest BCUT2D eigenvalue weighted by Gasteiger charge is 2.37. The number of carbonyl (C=O) groups excluding carboxylic acids is 2. The second kappa shape index (κ2) is 28.0. The molecule has 0 aliphatic heterocycles. The molecule has 0 amide bonds. The van der Waals surface area contributed by atoms with Crippen LogP contribution in [0.25, 0.3) is 44.6 Å². The lowest BCUT2D eigenvalue weighted by Gasteiger charge is -2.16. The number of ether oxygens (including phenoxy) is 1. The summed E-state index contributed by atoms with van der Waals surface area (Å²) < 4.78 is 6.73. The van der Waals surface area contributed by atoms with Crippen LogP contribution in [-0.4, -0.2) is 11.6 Å². The van der Waals surface area contributed by atoms with Crippen molar-refractivity contribution in [3.63, 3.8) is 0 Å². The minimum Gasteiger partial charge on any atom is -0.457 e. The summed E-state index contributed by atoms with van der Waals surface area (Å²) in [6.45, 7) is 0. The first kappa shape index (κ1) is 59.6. The van der Waals surface area contributed by atoms with Gasteiger partial charge in [0.1, 0.15) is 11.5 Å². The standard InChI is InChI=1S/C92H58O3/c93-91-87(73-33-15-5-16-34-73)83(75-49-45-71(46-50-75)39-37-67-25-11-3-12-26-67)85(89(91)79-53-41-69(42-54-79)31-19-29-65-21-7-1-8-22-65)77-57-61-81(62-58-77)95-82-63-59-78(60-64-82)86-84(76-51-47-72(48-52-76)40-38-68-27-13-4-14-28-68)88(74-35-17-6-18-36-74)92(94)90(86)80-55-43-70(44-56-80)32-20-30-66-23-9-2-10-24-66/h1-18,21-28,33-36,41-64H,31-32H2. The predicted octanol–water partition coefficient (Wildman–Crippen LogP) is 19.7. The monoisotopic (exact) mass is 1210 g/mol. The van der Waals surface area contributed by atoms with Crippen molar-refractivity contribution in [3.05, 3.63) is 417 Å². The average Bonchev–Trinajstić information content (AvgIpc) is 1.60. The van der Waals surface area contributed by atoms with Gasteiger partial charge in [0, 0.05) is 90.8 Å². The Bertz CT molecular complexity index is 4890. The molecule has 2 aliphatic rings. The molecule has 2 aliphatic carbocycles. The van der Waals surface area contributed by atoms with Crippen LogP contribution < -0.4 is 4.74 Å². The van der Waals surface area contributed by atoms with Crippen LogP contribution >= 0.6 is 0 Å². The van der Waals surface area contributed by atoms with Gasteiger partial charge in [-0.05, 0) is 153 Å². The third kappa shape index (κ3) is 13.6. The fourth-order valence-electron chi connectivity index (χ4n) is 12.1. The quantitative estimate of drug-likeness (QED) is 0.115. The van der Waals surface area contributed by atoms with E-state index < -0.39 is 0 Å². The maximum absolute atomic E-state index is 15.5. The van der Waals surface area contributed by atoms with E-state index >= 15 is 9.59 Å². The van der Waals surface area contributed by atoms with Gasteiger partial charge in [0.2, 0.25) is 0 Å². The van der Waals surface area contributed by atoms with Crippen LogP contribution in [0.5, 0.6) is 11.5 Å². The van der Waals surface area contributed by atoms with Gasteiger partial charge < -0.3 is 4.74 Å². The smallest absolute Gasteiger partial charge is 0.195 e. The zero-order chi connectivity index (χ0) is 64.1. The van der Waals surface area contributed by atoms with E-state index in [1.165, 1.54) is 0 Å². The van der Waals surface area contributed by atoms with Crippen molar-refractivity contribution in [2.45, 2.75) is 12.8 Å². The van der Waals surface area contributed by atoms with Gasteiger partial charge in [-0.2, -0.15) is 0 Å². The maximum Gasteiger partial charge on any atom is 0.195 e. The van der Waals surface area contributed by atoms with Gasteiger partial charge in [-0.25, -0.2) is 0 Å². The summed E-state index contributed by atoms with van der Waals surface area (Å²) in [4.78, 5) is 31.0. The molecule has 0 atom stereocenters. The Hall–Kier alpha value is -13.0. The normalized spacial score (nSPS) is 12.5. The third-order valence-electron chi connectivity index (χ3n) is 16.7. The molecular formula is C92H58O3. The predicted molar refractivity (Wildman–Crippen MR) is 388 cm³/mol. The summed E-state index contributed by atoms with van der Waals surface area (Å²) >= 11 is 0. The Labute approximate surface area is 555 Å². The summed E-state index contributed by atoms with van der Waals surface area (Å²) in [6, 6.07) is 109. The molecule has 0 fully saturated rings. The first-order valence-corrected chi connectivity index (χ1v) is 31.6. The lowest BCUT2D eigenvalue weighted by atomic mass is 9.88. The Balaban J connectivity index is 0.824. The molecule has 0 unspecified atom stereocenters. The van der Waals surface area contributed by atoms with E-state index in [-0.39, 0.29) is 11.6 Å². The minimum atomic E-state index is -0.0612. The third-order valence-corrected chi connectivity index (χ3v) is 16.7. The van der Waals surface area contributed by atoms with Gasteiger partial charge in [0.05, 0.1) is 0 Å². The molecule has 444 valence electrons. The van der Waals surface area contributed by atoms with E-state index in [2.05, 4.69) is 95.9 Å². The Morgan fingerprint density at radius 1 is 0.200 bits per heavy atom. The Morgan fingerprint density at radius 3 is 0.695 bits per heavy atom. The second-order valence-corrected chi connectivity index (χ2v) is 23.0. The van der Waals surface area contributed by atoms with Crippen molar-refractivity contribution in [2.75, 3.05) is 0 Å². The zero-order valence-electron chi connectivity index (χ0n) is 51.8. The second-order valence-electron chi connectivity index (χ2n) is 23.0. The van der Waals surface area contributed by atoms with E-state index in [0.29, 0.717) is 46.6 Å². The highest BCUT2D eigenvalue weighted by molar-refractivity contribution is 6.60. The molecule has 0 bridgehead atoms. The molecule has 12 aromatic carbocycles. The summed E-state index contributed by atoms with van der Waals surface area (Å²) in [6.07, 6.45) is 1.12. The minimum absolute atomic E-state index is 0.0612. The maximum atomic E-state index is 15.5. The van der Waals surface area contributed by atoms with Crippen LogP contribution in [0.4, 0.5) is 0 Å². The van der Waals surface area contributed by atoms with E-state index in [9.17, 15) is 0 Å². The van der Waals surface area contributed by atoms with Crippen LogP contribution in [0, 0.1) is 47.4 Å². The van der Waals surface area contributed by atoms with Crippen molar-refractivity contribution in [1.82, 2.24) is 0 Å². The van der Waals surface area contributed by atoms with Crippen LogP contribution in [0.2, 0.25) is 0 Å². The molecule has 0 spiro atoms. The highest BCUT2D eigenvalue weighted by atomic mass is 16.5. The summed E-state index contributed by atoms with van der Waals surface area (Å²) in [5.41, 5.74) is 20.1. The van der Waals surface area contributed by atoms with Gasteiger partial charge in [0.25, 0.3) is 0 Å². The summed E-state index contributed by atoms with van der Waals surface area (Å²) in [7, 11) is 0. The Morgan fingerprint density at radius 2 is 0.411 bits per heavy atom. The molecule has 0 saturated heterocycles. The van der Waals surface area contributed by atoms with Gasteiger partial charge in [-0.3, -0.25) is 9.59 Å². The number of Topliss-reactive ketones (excluding diaryl/α,β-unsaturated/α-hetero) is 2. The fraction of sp³-hybridized carbons (Fsp3) is 0.0217. The lowest BCUT2D eigenvalue weighted by molar-refractivity contribution is -0.109. The number of allylic oxidation sites excluding steroid dienone is 8. The molecule has 3 heteroatoms. The molecule has 3 nitrogen and oxygen atoms in total. The number of ketones is 2. The zero-order valence-corrected chi connectivity index (χ0v) is 51.8. The summed E-state index contributed by atoms with van der Waals surface area (Å²) in [5, 5.41) is 0. The van der Waals surface area contributed by atoms with Crippen molar-refractivity contribution < 1.29 is 14.3 Å². The molecular weight excluding hydrogens is 1150 g/mol. The van der Waals surface area contributed by atoms with Crippen molar-refractivity contribution >= 4 is 56.2 Å². The molecule has 0 aromatic heterocycles. The number of hydrogen-bond donors (Lipinski definition) is 0. The number of benzene rings is 12. The van der Waals surface area contributed by atoms with Gasteiger partial charge in [-0.15, -0.1) is 0 Å². The molecule has 0 saturated carbocycles. The number of carbonyl (C=O) groups is 2. The van der Waals surface area contributed by atoms with Crippen molar-refractivity contribution in [1.29, 1.82) is 0 Å². The largest absolute Gasteiger partial charge is 0.457 e. The van der Waals surface area contributed by atoms with Crippen molar-refractivity contribution in [3.8, 4) is 58.9 Å². The highest BCUT2D eigenvalue weighted by Crippen LogP contribution is 2.52. The van der Waals surface area contributed by atoms with Crippen LogP contribution in [0.3, 0.4) is 0 Å². The summed E-state index contributed by atoms with van der Waals surface area (Å²) in [5.74, 6) is 27.6. The SMILES string of the molecule is O=C1C(c2ccccc2)=C(c2ccc(C#Cc3ccccc3)cc2)C(c2ccc(Oc3ccc(C4=C(c5ccc(CC#Cc6ccccc6)cc5)C(=O)C(c5ccccc5)=C4c4ccc(C#Cc5ccccc5)cc4)cc3)cc2)=C1c1ccc(CC#Cc2ccccc2)cc1. The Kier molecular flexibility index (Phi) is 17.6. The first-order valence-electron chi connectivity index (χ1n) is 31.6. The van der Waals surface area contributed by atoms with Gasteiger partial charge in [0.15, 0.2) is 11.6 Å². The molecule has 14 rings (SSSR count). The fourth-order valence-corrected chi connectivity index (χ4v) is 12.1. The van der Waals surface area contributed by atoms with E-state index in [4.69, 9.17) is 4.74 Å². The van der Waals surface area contributed by atoms with E-state index in [1.54, 1.807) is 0 Å². The van der Waals surface area contributed by atoms with E-state index in [0.717, 1.165) is 111 Å². The van der Waals surface area contributed by atoms with Crippen LogP contribution in [-0.2, 0) is 22.4 Å². The molecule has 0 N–H and O–H groups in total.